The predicted octanol–water partition coefficient (Wildman–Crippen LogP) is 3.76. The van der Waals surface area contributed by atoms with Crippen LogP contribution in [0.4, 0.5) is 14.0 Å². The summed E-state index contributed by atoms with van der Waals surface area (Å²) in [6, 6.07) is 9.34. The zero-order valence-electron chi connectivity index (χ0n) is 23.6. The highest BCUT2D eigenvalue weighted by molar-refractivity contribution is 6.35. The van der Waals surface area contributed by atoms with Crippen molar-refractivity contribution in [3.05, 3.63) is 82.1 Å². The van der Waals surface area contributed by atoms with Crippen LogP contribution in [0.3, 0.4) is 0 Å². The number of carbonyl (C=O) groups is 4. The Balaban J connectivity index is 1.56. The fourth-order valence-corrected chi connectivity index (χ4v) is 5.58. The standard InChI is InChI=1S/C29H33Cl2FN6O5/c1-3-13-43-29(42)33-12-4-5-24-27(40)36(16-20-8-9-21(30)14-23(20)31)17-25-37(24)26(39)18-35(2)38(25)28(41)34-15-19-6-10-22(32)11-7-19/h3,6-11,14,24-25H,1,4-5,12-13,15-18H2,2H3,(H,33,42)(H,34,41)/t24-,25-/m0/s1. The molecular weight excluding hydrogens is 602 g/mol. The van der Waals surface area contributed by atoms with Crippen LogP contribution in [0.15, 0.2) is 55.1 Å². The van der Waals surface area contributed by atoms with Crippen molar-refractivity contribution in [2.24, 2.45) is 0 Å². The predicted molar refractivity (Wildman–Crippen MR) is 158 cm³/mol. The normalized spacial score (nSPS) is 18.7. The molecule has 2 saturated heterocycles. The second-order valence-electron chi connectivity index (χ2n) is 10.2. The molecule has 2 aliphatic rings. The molecule has 2 atom stereocenters. The zero-order valence-corrected chi connectivity index (χ0v) is 25.1. The quantitative estimate of drug-likeness (QED) is 0.304. The number of nitrogens with one attached hydrogen (secondary N) is 2. The largest absolute Gasteiger partial charge is 0.445 e. The smallest absolute Gasteiger partial charge is 0.407 e. The Morgan fingerprint density at radius 2 is 1.88 bits per heavy atom. The van der Waals surface area contributed by atoms with Crippen molar-refractivity contribution in [3.63, 3.8) is 0 Å². The topological polar surface area (TPSA) is 115 Å². The highest BCUT2D eigenvalue weighted by atomic mass is 35.5. The van der Waals surface area contributed by atoms with E-state index in [0.29, 0.717) is 27.6 Å². The molecule has 0 saturated carbocycles. The number of piperazine rings is 1. The summed E-state index contributed by atoms with van der Waals surface area (Å²) in [5.74, 6) is -1.00. The van der Waals surface area contributed by atoms with Gasteiger partial charge in [0.15, 0.2) is 0 Å². The second kappa shape index (κ2) is 14.5. The van der Waals surface area contributed by atoms with Crippen molar-refractivity contribution < 1.29 is 28.3 Å². The summed E-state index contributed by atoms with van der Waals surface area (Å²) in [5, 5.41) is 9.21. The van der Waals surface area contributed by atoms with E-state index in [1.807, 2.05) is 0 Å². The van der Waals surface area contributed by atoms with Crippen LogP contribution in [-0.2, 0) is 27.4 Å². The third-order valence-electron chi connectivity index (χ3n) is 7.14. The molecule has 14 heteroatoms. The lowest BCUT2D eigenvalue weighted by atomic mass is 10.0. The lowest BCUT2D eigenvalue weighted by Crippen LogP contribution is -2.75. The van der Waals surface area contributed by atoms with Crippen molar-refractivity contribution in [2.75, 3.05) is 33.3 Å². The number of rotatable bonds is 10. The van der Waals surface area contributed by atoms with Gasteiger partial charge in [-0.2, -0.15) is 0 Å². The summed E-state index contributed by atoms with van der Waals surface area (Å²) in [4.78, 5) is 55.6. The highest BCUT2D eigenvalue weighted by Crippen LogP contribution is 2.30. The number of alkyl carbamates (subject to hydrolysis) is 1. The zero-order chi connectivity index (χ0) is 31.1. The molecule has 2 aliphatic heterocycles. The van der Waals surface area contributed by atoms with Crippen LogP contribution in [0.25, 0.3) is 0 Å². The number of carbonyl (C=O) groups excluding carboxylic acids is 4. The highest BCUT2D eigenvalue weighted by Gasteiger charge is 2.50. The average Bonchev–Trinajstić information content (AvgIpc) is 2.96. The van der Waals surface area contributed by atoms with Crippen LogP contribution < -0.4 is 10.6 Å². The molecule has 2 aromatic carbocycles. The Labute approximate surface area is 259 Å². The van der Waals surface area contributed by atoms with Gasteiger partial charge in [-0.05, 0) is 48.2 Å². The van der Waals surface area contributed by atoms with Crippen molar-refractivity contribution in [2.45, 2.75) is 38.1 Å². The molecule has 11 nitrogen and oxygen atoms in total. The van der Waals surface area contributed by atoms with E-state index in [9.17, 15) is 23.6 Å². The molecule has 0 aromatic heterocycles. The Morgan fingerprint density at radius 3 is 2.58 bits per heavy atom. The second-order valence-corrected chi connectivity index (χ2v) is 11.0. The number of amides is 5. The summed E-state index contributed by atoms with van der Waals surface area (Å²) in [6.07, 6.45) is 0.591. The molecule has 0 spiro atoms. The molecule has 2 fully saturated rings. The molecule has 43 heavy (non-hydrogen) atoms. The fraction of sp³-hybridized carbons (Fsp3) is 0.379. The van der Waals surface area contributed by atoms with E-state index in [1.165, 1.54) is 33.1 Å². The van der Waals surface area contributed by atoms with Gasteiger partial charge in [-0.1, -0.05) is 54.1 Å². The molecule has 230 valence electrons. The molecule has 0 unspecified atom stereocenters. The fourth-order valence-electron chi connectivity index (χ4n) is 5.11. The number of benzene rings is 2. The molecular formula is C29H33Cl2FN6O5. The van der Waals surface area contributed by atoms with Gasteiger partial charge in [-0.15, -0.1) is 0 Å². The summed E-state index contributed by atoms with van der Waals surface area (Å²) in [6.45, 7) is 3.92. The Kier molecular flexibility index (Phi) is 10.8. The number of hydrazine groups is 1. The molecule has 5 amide bonds. The minimum Gasteiger partial charge on any atom is -0.445 e. The third kappa shape index (κ3) is 7.95. The van der Waals surface area contributed by atoms with Gasteiger partial charge < -0.3 is 25.2 Å². The van der Waals surface area contributed by atoms with Gasteiger partial charge >= 0.3 is 12.1 Å². The molecule has 4 rings (SSSR count). The maximum Gasteiger partial charge on any atom is 0.407 e. The van der Waals surface area contributed by atoms with Crippen LogP contribution >= 0.6 is 23.2 Å². The average molecular weight is 636 g/mol. The van der Waals surface area contributed by atoms with Crippen molar-refractivity contribution in [1.82, 2.24) is 30.5 Å². The number of hydrogen-bond donors (Lipinski definition) is 2. The van der Waals surface area contributed by atoms with Crippen molar-refractivity contribution in [1.29, 1.82) is 0 Å². The molecule has 0 radical (unpaired) electrons. The monoisotopic (exact) mass is 634 g/mol. The van der Waals surface area contributed by atoms with E-state index in [-0.39, 0.29) is 63.4 Å². The summed E-state index contributed by atoms with van der Waals surface area (Å²) in [7, 11) is 1.62. The molecule has 2 heterocycles. The van der Waals surface area contributed by atoms with Gasteiger partial charge in [-0.3, -0.25) is 9.59 Å². The SMILES string of the molecule is C=CCOC(=O)NCCC[C@H]1C(=O)N(Cc2ccc(Cl)cc2Cl)C[C@H]2N1C(=O)CN(C)N2C(=O)NCc1ccc(F)cc1. The van der Waals surface area contributed by atoms with Gasteiger partial charge in [-0.25, -0.2) is 24.0 Å². The maximum absolute atomic E-state index is 13.9. The first-order valence-corrected chi connectivity index (χ1v) is 14.4. The summed E-state index contributed by atoms with van der Waals surface area (Å²) < 4.78 is 18.3. The lowest BCUT2D eigenvalue weighted by molar-refractivity contribution is -0.188. The van der Waals surface area contributed by atoms with Gasteiger partial charge in [0.05, 0.1) is 13.1 Å². The minimum absolute atomic E-state index is 0.0282. The first kappa shape index (κ1) is 32.1. The number of hydrogen-bond acceptors (Lipinski definition) is 6. The van der Waals surface area contributed by atoms with E-state index < -0.39 is 24.3 Å². The van der Waals surface area contributed by atoms with Gasteiger partial charge in [0.1, 0.15) is 24.6 Å². The number of halogens is 3. The van der Waals surface area contributed by atoms with Gasteiger partial charge in [0, 0.05) is 36.7 Å². The van der Waals surface area contributed by atoms with Crippen molar-refractivity contribution >= 4 is 47.1 Å². The Bertz CT molecular complexity index is 1360. The maximum atomic E-state index is 13.9. The first-order valence-electron chi connectivity index (χ1n) is 13.7. The third-order valence-corrected chi connectivity index (χ3v) is 7.72. The first-order chi connectivity index (χ1) is 20.6. The number of likely N-dealkylation sites (N-methyl/N-ethyl adjacent to an activating group) is 1. The van der Waals surface area contributed by atoms with Crippen LogP contribution in [0.2, 0.25) is 10.0 Å². The van der Waals surface area contributed by atoms with Gasteiger partial charge in [0.2, 0.25) is 11.8 Å². The Morgan fingerprint density at radius 1 is 1.14 bits per heavy atom. The molecule has 2 N–H and O–H groups in total. The number of nitrogens with zero attached hydrogens (tertiary/aromatic N) is 4. The van der Waals surface area contributed by atoms with Crippen molar-refractivity contribution in [3.8, 4) is 0 Å². The van der Waals surface area contributed by atoms with Crippen LogP contribution in [0.1, 0.15) is 24.0 Å². The van der Waals surface area contributed by atoms with Crippen LogP contribution in [0, 0.1) is 5.82 Å². The van der Waals surface area contributed by atoms with E-state index in [4.69, 9.17) is 27.9 Å². The molecule has 0 aliphatic carbocycles. The van der Waals surface area contributed by atoms with Gasteiger partial charge in [0.25, 0.3) is 0 Å². The summed E-state index contributed by atoms with van der Waals surface area (Å²) >= 11 is 12.5. The number of urea groups is 1. The van der Waals surface area contributed by atoms with E-state index in [1.54, 1.807) is 42.3 Å². The lowest BCUT2D eigenvalue weighted by Gasteiger charge is -2.54. The van der Waals surface area contributed by atoms with Crippen LogP contribution in [-0.4, -0.2) is 89.3 Å². The number of fused-ring (bicyclic) bond motifs is 1. The summed E-state index contributed by atoms with van der Waals surface area (Å²) in [5.41, 5.74) is 1.35. The van der Waals surface area contributed by atoms with E-state index >= 15 is 0 Å². The van der Waals surface area contributed by atoms with Crippen LogP contribution in [0.5, 0.6) is 0 Å². The molecule has 2 aromatic rings. The Hall–Kier alpha value is -3.87. The number of ether oxygens (including phenoxy) is 1. The van der Waals surface area contributed by atoms with E-state index in [2.05, 4.69) is 17.2 Å². The molecule has 0 bridgehead atoms. The van der Waals surface area contributed by atoms with E-state index in [0.717, 1.165) is 0 Å². The minimum atomic E-state index is -0.899.